The molecule has 0 bridgehead atoms. The normalized spacial score (nSPS) is 12.2. The molecule has 1 aromatic carbocycles. The van der Waals surface area contributed by atoms with Crippen molar-refractivity contribution in [3.8, 4) is 17.0 Å². The number of methoxy groups -OCH3 is 1. The fourth-order valence-corrected chi connectivity index (χ4v) is 1.70. The minimum Gasteiger partial charge on any atom is -0.496 e. The Labute approximate surface area is 109 Å². The van der Waals surface area contributed by atoms with E-state index in [2.05, 4.69) is 9.97 Å². The zero-order valence-electron chi connectivity index (χ0n) is 10.5. The van der Waals surface area contributed by atoms with Gasteiger partial charge in [-0.25, -0.2) is 9.37 Å². The number of nitrogens with one attached hydrogen (secondary N) is 1. The third-order valence-corrected chi connectivity index (χ3v) is 2.83. The smallest absolute Gasteiger partial charge is 0.313 e. The molecule has 2 rings (SSSR count). The van der Waals surface area contributed by atoms with Crippen LogP contribution in [0.3, 0.4) is 0 Å². The maximum absolute atomic E-state index is 13.3. The van der Waals surface area contributed by atoms with E-state index >= 15 is 0 Å². The van der Waals surface area contributed by atoms with E-state index in [1.54, 1.807) is 0 Å². The number of nitrogens with zero attached hydrogens (tertiary/aromatic N) is 1. The first-order valence-corrected chi connectivity index (χ1v) is 5.64. The second kappa shape index (κ2) is 5.09. The van der Waals surface area contributed by atoms with Gasteiger partial charge in [0, 0.05) is 5.56 Å². The van der Waals surface area contributed by atoms with Crippen LogP contribution < -0.4 is 4.74 Å². The molecule has 0 aliphatic heterocycles. The van der Waals surface area contributed by atoms with Crippen LogP contribution >= 0.6 is 0 Å². The van der Waals surface area contributed by atoms with Crippen molar-refractivity contribution in [2.45, 2.75) is 12.8 Å². The highest BCUT2D eigenvalue weighted by Crippen LogP contribution is 2.30. The van der Waals surface area contributed by atoms with Gasteiger partial charge in [-0.3, -0.25) is 4.79 Å². The van der Waals surface area contributed by atoms with Crippen molar-refractivity contribution in [2.75, 3.05) is 7.11 Å². The summed E-state index contributed by atoms with van der Waals surface area (Å²) in [7, 11) is 1.48. The Morgan fingerprint density at radius 2 is 2.26 bits per heavy atom. The Hall–Kier alpha value is -2.37. The minimum absolute atomic E-state index is 0.314. The second-order valence-electron chi connectivity index (χ2n) is 4.09. The maximum atomic E-state index is 13.3. The Balaban J connectivity index is 2.43. The molecule has 19 heavy (non-hydrogen) atoms. The van der Waals surface area contributed by atoms with Crippen molar-refractivity contribution in [1.29, 1.82) is 0 Å². The second-order valence-corrected chi connectivity index (χ2v) is 4.09. The van der Waals surface area contributed by atoms with E-state index in [1.165, 1.54) is 38.4 Å². The van der Waals surface area contributed by atoms with Gasteiger partial charge in [-0.05, 0) is 25.1 Å². The first-order chi connectivity index (χ1) is 9.02. The Morgan fingerprint density at radius 1 is 1.53 bits per heavy atom. The molecule has 2 N–H and O–H groups in total. The molecule has 2 aromatic rings. The van der Waals surface area contributed by atoms with Gasteiger partial charge in [0.05, 0.1) is 19.0 Å². The molecule has 5 nitrogen and oxygen atoms in total. The van der Waals surface area contributed by atoms with Crippen molar-refractivity contribution in [3.63, 3.8) is 0 Å². The summed E-state index contributed by atoms with van der Waals surface area (Å²) in [4.78, 5) is 17.8. The van der Waals surface area contributed by atoms with Crippen LogP contribution in [0.5, 0.6) is 5.75 Å². The van der Waals surface area contributed by atoms with E-state index in [4.69, 9.17) is 9.84 Å². The summed E-state index contributed by atoms with van der Waals surface area (Å²) in [6, 6.07) is 4.10. The van der Waals surface area contributed by atoms with Crippen LogP contribution in [0.15, 0.2) is 24.4 Å². The van der Waals surface area contributed by atoms with Gasteiger partial charge in [-0.15, -0.1) is 0 Å². The number of H-pyrrole nitrogens is 1. The number of halogens is 1. The van der Waals surface area contributed by atoms with E-state index in [0.29, 0.717) is 22.8 Å². The highest BCUT2D eigenvalue weighted by Gasteiger charge is 2.18. The number of aliphatic carboxylic acids is 1. The molecule has 100 valence electrons. The summed E-state index contributed by atoms with van der Waals surface area (Å²) in [5.41, 5.74) is 1.01. The molecule has 1 unspecified atom stereocenters. The lowest BCUT2D eigenvalue weighted by atomic mass is 10.1. The largest absolute Gasteiger partial charge is 0.496 e. The molecular formula is C13H13FN2O3. The van der Waals surface area contributed by atoms with E-state index in [9.17, 15) is 9.18 Å². The standard InChI is InChI=1S/C13H13FN2O3/c1-7(13(17)18)12-15-6-10(16-12)9-5-8(14)3-4-11(9)19-2/h3-7H,1-2H3,(H,15,16)(H,17,18). The molecule has 1 atom stereocenters. The number of aromatic amines is 1. The molecule has 0 aliphatic carbocycles. The van der Waals surface area contributed by atoms with Crippen LogP contribution in [0, 0.1) is 5.82 Å². The minimum atomic E-state index is -0.980. The number of carboxylic acids is 1. The van der Waals surface area contributed by atoms with Crippen LogP contribution in [0.4, 0.5) is 4.39 Å². The predicted octanol–water partition coefficient (Wildman–Crippen LogP) is 2.41. The average molecular weight is 264 g/mol. The number of rotatable bonds is 4. The van der Waals surface area contributed by atoms with E-state index in [-0.39, 0.29) is 0 Å². The van der Waals surface area contributed by atoms with Gasteiger partial charge in [-0.2, -0.15) is 0 Å². The molecule has 6 heteroatoms. The number of hydrogen-bond acceptors (Lipinski definition) is 3. The quantitative estimate of drug-likeness (QED) is 0.889. The summed E-state index contributed by atoms with van der Waals surface area (Å²) in [6.45, 7) is 1.52. The lowest BCUT2D eigenvalue weighted by Gasteiger charge is -2.06. The summed E-state index contributed by atoms with van der Waals surface area (Å²) in [6.07, 6.45) is 1.46. The van der Waals surface area contributed by atoms with Crippen molar-refractivity contribution >= 4 is 5.97 Å². The summed E-state index contributed by atoms with van der Waals surface area (Å²) in [5.74, 6) is -1.34. The van der Waals surface area contributed by atoms with E-state index in [1.807, 2.05) is 0 Å². The highest BCUT2D eigenvalue weighted by molar-refractivity contribution is 5.75. The molecule has 0 saturated carbocycles. The third kappa shape index (κ3) is 2.57. The SMILES string of the molecule is COc1ccc(F)cc1-c1cnc(C(C)C(=O)O)[nH]1. The number of carboxylic acid groups (broad SMARTS) is 1. The molecule has 0 radical (unpaired) electrons. The van der Waals surface area contributed by atoms with Crippen LogP contribution in [0.25, 0.3) is 11.3 Å². The van der Waals surface area contributed by atoms with E-state index in [0.717, 1.165) is 0 Å². The number of aromatic nitrogens is 2. The molecule has 1 aromatic heterocycles. The molecule has 0 fully saturated rings. The van der Waals surface area contributed by atoms with Crippen LogP contribution in [0.1, 0.15) is 18.7 Å². The fourth-order valence-electron chi connectivity index (χ4n) is 1.70. The Morgan fingerprint density at radius 3 is 2.89 bits per heavy atom. The van der Waals surface area contributed by atoms with Gasteiger partial charge in [-0.1, -0.05) is 0 Å². The number of hydrogen-bond donors (Lipinski definition) is 2. The monoisotopic (exact) mass is 264 g/mol. The van der Waals surface area contributed by atoms with E-state index < -0.39 is 17.7 Å². The van der Waals surface area contributed by atoms with Crippen LogP contribution in [-0.4, -0.2) is 28.2 Å². The zero-order chi connectivity index (χ0) is 14.0. The summed E-state index contributed by atoms with van der Waals surface area (Å²) < 4.78 is 18.4. The van der Waals surface area contributed by atoms with Gasteiger partial charge in [0.25, 0.3) is 0 Å². The first kappa shape index (κ1) is 13.1. The lowest BCUT2D eigenvalue weighted by Crippen LogP contribution is -2.08. The van der Waals surface area contributed by atoms with Crippen molar-refractivity contribution in [2.24, 2.45) is 0 Å². The maximum Gasteiger partial charge on any atom is 0.313 e. The van der Waals surface area contributed by atoms with Crippen LogP contribution in [-0.2, 0) is 4.79 Å². The molecular weight excluding hydrogens is 251 g/mol. The topological polar surface area (TPSA) is 75.2 Å². The van der Waals surface area contributed by atoms with Crippen LogP contribution in [0.2, 0.25) is 0 Å². The molecule has 0 spiro atoms. The molecule has 1 heterocycles. The first-order valence-electron chi connectivity index (χ1n) is 5.64. The molecule has 0 aliphatic rings. The van der Waals surface area contributed by atoms with Crippen molar-refractivity contribution in [3.05, 3.63) is 36.0 Å². The zero-order valence-corrected chi connectivity index (χ0v) is 10.5. The Bertz CT molecular complexity index is 610. The summed E-state index contributed by atoms with van der Waals surface area (Å²) in [5, 5.41) is 8.92. The fraction of sp³-hybridized carbons (Fsp3) is 0.231. The Kier molecular flexibility index (Phi) is 3.50. The predicted molar refractivity (Wildman–Crippen MR) is 66.6 cm³/mol. The average Bonchev–Trinajstić information content (AvgIpc) is 2.87. The van der Waals surface area contributed by atoms with Gasteiger partial charge >= 0.3 is 5.97 Å². The van der Waals surface area contributed by atoms with Gasteiger partial charge in [0.15, 0.2) is 0 Å². The highest BCUT2D eigenvalue weighted by atomic mass is 19.1. The van der Waals surface area contributed by atoms with Gasteiger partial charge in [0.2, 0.25) is 0 Å². The van der Waals surface area contributed by atoms with Gasteiger partial charge in [0.1, 0.15) is 23.3 Å². The number of benzene rings is 1. The van der Waals surface area contributed by atoms with Crippen molar-refractivity contribution in [1.82, 2.24) is 9.97 Å². The molecule has 0 saturated heterocycles. The number of ether oxygens (including phenoxy) is 1. The summed E-state index contributed by atoms with van der Waals surface area (Å²) >= 11 is 0. The molecule has 0 amide bonds. The lowest BCUT2D eigenvalue weighted by molar-refractivity contribution is -0.138. The van der Waals surface area contributed by atoms with Crippen molar-refractivity contribution < 1.29 is 19.0 Å². The third-order valence-electron chi connectivity index (χ3n) is 2.83. The number of carbonyl (C=O) groups is 1. The van der Waals surface area contributed by atoms with Gasteiger partial charge < -0.3 is 14.8 Å². The number of imidazole rings is 1.